The van der Waals surface area contributed by atoms with Crippen molar-refractivity contribution in [3.8, 4) is 0 Å². The van der Waals surface area contributed by atoms with Crippen LogP contribution >= 0.6 is 15.9 Å². The second kappa shape index (κ2) is 5.04. The number of carbonyl (C=O) groups is 3. The first-order chi connectivity index (χ1) is 7.08. The molecule has 1 aliphatic rings. The number of carboxylic acids is 1. The summed E-state index contributed by atoms with van der Waals surface area (Å²) >= 11 is 3.12. The van der Waals surface area contributed by atoms with Crippen molar-refractivity contribution in [3.63, 3.8) is 0 Å². The Kier molecular flexibility index (Phi) is 3.98. The van der Waals surface area contributed by atoms with Gasteiger partial charge in [0.15, 0.2) is 6.29 Å². The number of hydrogen-bond donors (Lipinski definition) is 2. The van der Waals surface area contributed by atoms with Crippen molar-refractivity contribution >= 4 is 34.5 Å². The van der Waals surface area contributed by atoms with E-state index in [1.807, 2.05) is 0 Å². The predicted molar refractivity (Wildman–Crippen MR) is 54.2 cm³/mol. The summed E-state index contributed by atoms with van der Waals surface area (Å²) < 4.78 is 0.497. The predicted octanol–water partition coefficient (Wildman–Crippen LogP) is -0.695. The molecule has 0 amide bonds. The molecule has 0 bridgehead atoms. The van der Waals surface area contributed by atoms with Gasteiger partial charge in [-0.3, -0.25) is 14.9 Å². The van der Waals surface area contributed by atoms with Crippen LogP contribution in [0.4, 0.5) is 0 Å². The van der Waals surface area contributed by atoms with E-state index in [1.165, 1.54) is 11.1 Å². The molecule has 82 valence electrons. The average molecular weight is 277 g/mol. The molecule has 0 fully saturated rings. The van der Waals surface area contributed by atoms with Gasteiger partial charge in [-0.15, -0.1) is 0 Å². The zero-order chi connectivity index (χ0) is 11.4. The number of carboxylic acid groups (broad SMARTS) is 1. The van der Waals surface area contributed by atoms with Crippen molar-refractivity contribution in [2.45, 2.75) is 12.2 Å². The summed E-state index contributed by atoms with van der Waals surface area (Å²) in [6.07, 6.45) is 1.82. The number of rotatable bonds is 4. The van der Waals surface area contributed by atoms with Gasteiger partial charge in [0.05, 0.1) is 6.04 Å². The van der Waals surface area contributed by atoms with E-state index in [0.717, 1.165) is 0 Å². The van der Waals surface area contributed by atoms with Crippen LogP contribution in [0.5, 0.6) is 0 Å². The lowest BCUT2D eigenvalue weighted by Crippen LogP contribution is -2.54. The minimum absolute atomic E-state index is 0.308. The summed E-state index contributed by atoms with van der Waals surface area (Å²) in [7, 11) is 0. The molecule has 1 aliphatic heterocycles. The number of aldehydes is 2. The molecule has 0 radical (unpaired) electrons. The normalized spacial score (nSPS) is 25.7. The second-order valence-corrected chi connectivity index (χ2v) is 3.86. The highest BCUT2D eigenvalue weighted by molar-refractivity contribution is 9.11. The van der Waals surface area contributed by atoms with Gasteiger partial charge >= 0.3 is 5.97 Å². The summed E-state index contributed by atoms with van der Waals surface area (Å²) in [5.74, 6) is -1.05. The maximum atomic E-state index is 10.7. The van der Waals surface area contributed by atoms with E-state index in [4.69, 9.17) is 5.11 Å². The smallest absolute Gasteiger partial charge is 0.323 e. The van der Waals surface area contributed by atoms with Gasteiger partial charge in [-0.25, -0.2) is 0 Å². The second-order valence-electron chi connectivity index (χ2n) is 2.94. The number of aliphatic carboxylic acids is 1. The number of hydrogen-bond acceptors (Lipinski definition) is 5. The first-order valence-electron chi connectivity index (χ1n) is 4.10. The van der Waals surface area contributed by atoms with Crippen LogP contribution in [-0.2, 0) is 14.4 Å². The quantitative estimate of drug-likeness (QED) is 0.661. The van der Waals surface area contributed by atoms with Crippen LogP contribution < -0.4 is 5.32 Å². The van der Waals surface area contributed by atoms with Crippen molar-refractivity contribution in [1.29, 1.82) is 0 Å². The van der Waals surface area contributed by atoms with E-state index in [9.17, 15) is 14.4 Å². The largest absolute Gasteiger partial charge is 0.480 e. The number of halogens is 1. The molecular formula is C8H9BrN2O4. The number of nitrogens with one attached hydrogen (secondary N) is 1. The summed E-state index contributed by atoms with van der Waals surface area (Å²) in [6, 6.07) is -0.606. The molecule has 15 heavy (non-hydrogen) atoms. The van der Waals surface area contributed by atoms with Crippen LogP contribution in [0.2, 0.25) is 0 Å². The van der Waals surface area contributed by atoms with Crippen LogP contribution in [0.25, 0.3) is 0 Å². The lowest BCUT2D eigenvalue weighted by Gasteiger charge is -2.33. The van der Waals surface area contributed by atoms with E-state index >= 15 is 0 Å². The van der Waals surface area contributed by atoms with E-state index < -0.39 is 18.2 Å². The third-order valence-corrected chi connectivity index (χ3v) is 2.57. The fourth-order valence-corrected chi connectivity index (χ4v) is 1.70. The molecule has 1 rings (SSSR count). The summed E-state index contributed by atoms with van der Waals surface area (Å²) in [6.45, 7) is -0.308. The van der Waals surface area contributed by atoms with Crippen LogP contribution in [-0.4, -0.2) is 47.3 Å². The summed E-state index contributed by atoms with van der Waals surface area (Å²) in [4.78, 5) is 33.0. The summed E-state index contributed by atoms with van der Waals surface area (Å²) in [5.41, 5.74) is 0. The van der Waals surface area contributed by atoms with Crippen molar-refractivity contribution in [2.75, 3.05) is 6.54 Å². The molecule has 0 aliphatic carbocycles. The van der Waals surface area contributed by atoms with Gasteiger partial charge in [0, 0.05) is 10.7 Å². The van der Waals surface area contributed by atoms with Gasteiger partial charge < -0.3 is 14.8 Å². The Hall–Kier alpha value is -1.21. The molecule has 2 N–H and O–H groups in total. The van der Waals surface area contributed by atoms with Gasteiger partial charge in [-0.05, 0) is 0 Å². The lowest BCUT2D eigenvalue weighted by molar-refractivity contribution is -0.138. The van der Waals surface area contributed by atoms with Crippen LogP contribution in [0.15, 0.2) is 10.7 Å². The topological polar surface area (TPSA) is 86.7 Å². The fraction of sp³-hybridized carbons (Fsp3) is 0.375. The molecule has 2 unspecified atom stereocenters. The molecule has 0 aromatic rings. The third kappa shape index (κ3) is 2.87. The first-order valence-corrected chi connectivity index (χ1v) is 4.89. The standard InChI is InChI=1S/C8H9BrN2O4/c9-5-1-11(2-8(14)15)7(4-13)10-6(5)3-12/h1,3-4,6-7,10H,2H2,(H,14,15). The zero-order valence-corrected chi connectivity index (χ0v) is 9.18. The van der Waals surface area contributed by atoms with Gasteiger partial charge in [0.2, 0.25) is 0 Å². The Bertz CT molecular complexity index is 318. The monoisotopic (exact) mass is 276 g/mol. The highest BCUT2D eigenvalue weighted by Crippen LogP contribution is 2.17. The van der Waals surface area contributed by atoms with Crippen LogP contribution in [0.3, 0.4) is 0 Å². The van der Waals surface area contributed by atoms with Gasteiger partial charge in [-0.2, -0.15) is 0 Å². The molecule has 0 saturated heterocycles. The Labute approximate surface area is 94.1 Å². The summed E-state index contributed by atoms with van der Waals surface area (Å²) in [5, 5.41) is 11.3. The Balaban J connectivity index is 2.85. The van der Waals surface area contributed by atoms with E-state index in [1.54, 1.807) is 0 Å². The molecule has 0 saturated carbocycles. The maximum Gasteiger partial charge on any atom is 0.323 e. The number of nitrogens with zero attached hydrogens (tertiary/aromatic N) is 1. The van der Waals surface area contributed by atoms with E-state index in [-0.39, 0.29) is 6.54 Å². The maximum absolute atomic E-state index is 10.7. The lowest BCUT2D eigenvalue weighted by atomic mass is 10.2. The van der Waals surface area contributed by atoms with Crippen molar-refractivity contribution in [1.82, 2.24) is 10.2 Å². The fourth-order valence-electron chi connectivity index (χ4n) is 1.20. The Morgan fingerprint density at radius 1 is 1.60 bits per heavy atom. The van der Waals surface area contributed by atoms with Crippen LogP contribution in [0, 0.1) is 0 Å². The molecule has 1 heterocycles. The van der Waals surface area contributed by atoms with Gasteiger partial charge in [0.25, 0.3) is 0 Å². The first kappa shape index (κ1) is 11.9. The van der Waals surface area contributed by atoms with Gasteiger partial charge in [-0.1, -0.05) is 15.9 Å². The third-order valence-electron chi connectivity index (χ3n) is 1.88. The van der Waals surface area contributed by atoms with E-state index in [2.05, 4.69) is 21.2 Å². The molecule has 6 nitrogen and oxygen atoms in total. The SMILES string of the molecule is O=CC1NC(C=O)N(CC(=O)O)C=C1Br. The van der Waals surface area contributed by atoms with Crippen molar-refractivity contribution in [3.05, 3.63) is 10.7 Å². The highest BCUT2D eigenvalue weighted by Gasteiger charge is 2.27. The Morgan fingerprint density at radius 3 is 2.73 bits per heavy atom. The van der Waals surface area contributed by atoms with Gasteiger partial charge in [0.1, 0.15) is 19.0 Å². The minimum atomic E-state index is -1.05. The van der Waals surface area contributed by atoms with Crippen molar-refractivity contribution in [2.24, 2.45) is 0 Å². The zero-order valence-electron chi connectivity index (χ0n) is 7.59. The molecule has 7 heteroatoms. The van der Waals surface area contributed by atoms with E-state index in [0.29, 0.717) is 17.1 Å². The molecule has 0 spiro atoms. The molecule has 0 aromatic carbocycles. The van der Waals surface area contributed by atoms with Crippen LogP contribution in [0.1, 0.15) is 0 Å². The highest BCUT2D eigenvalue weighted by atomic mass is 79.9. The number of carbonyl (C=O) groups excluding carboxylic acids is 2. The average Bonchev–Trinajstić information content (AvgIpc) is 2.17. The molecule has 2 atom stereocenters. The minimum Gasteiger partial charge on any atom is -0.480 e. The van der Waals surface area contributed by atoms with Crippen molar-refractivity contribution < 1.29 is 19.5 Å². The Morgan fingerprint density at radius 2 is 2.27 bits per heavy atom. The molecular weight excluding hydrogens is 268 g/mol. The molecule has 0 aromatic heterocycles.